The summed E-state index contributed by atoms with van der Waals surface area (Å²) in [6, 6.07) is 8.45. The van der Waals surface area contributed by atoms with Gasteiger partial charge in [-0.3, -0.25) is 9.59 Å². The SMILES string of the molecule is CC(=O)NC(CS)C(=O)Nc1ccccc1. The summed E-state index contributed by atoms with van der Waals surface area (Å²) in [4.78, 5) is 22.5. The number of carbonyl (C=O) groups is 2. The lowest BCUT2D eigenvalue weighted by Gasteiger charge is -2.15. The average Bonchev–Trinajstić information content (AvgIpc) is 2.26. The fourth-order valence-corrected chi connectivity index (χ4v) is 1.45. The van der Waals surface area contributed by atoms with Crippen LogP contribution >= 0.6 is 12.6 Å². The summed E-state index contributed by atoms with van der Waals surface area (Å²) in [6.45, 7) is 1.37. The van der Waals surface area contributed by atoms with Crippen molar-refractivity contribution in [3.05, 3.63) is 30.3 Å². The van der Waals surface area contributed by atoms with Crippen LogP contribution in [0.25, 0.3) is 0 Å². The molecule has 86 valence electrons. The first-order chi connectivity index (χ1) is 7.63. The van der Waals surface area contributed by atoms with Gasteiger partial charge in [0.1, 0.15) is 6.04 Å². The summed E-state index contributed by atoms with van der Waals surface area (Å²) in [5.74, 6) is -0.253. The van der Waals surface area contributed by atoms with E-state index in [1.54, 1.807) is 12.1 Å². The summed E-state index contributed by atoms with van der Waals surface area (Å²) in [6.07, 6.45) is 0. The van der Waals surface area contributed by atoms with Gasteiger partial charge in [0.2, 0.25) is 11.8 Å². The normalized spacial score (nSPS) is 11.6. The highest BCUT2D eigenvalue weighted by atomic mass is 32.1. The maximum Gasteiger partial charge on any atom is 0.247 e. The zero-order valence-electron chi connectivity index (χ0n) is 8.93. The molecule has 0 spiro atoms. The average molecular weight is 238 g/mol. The number of thiol groups is 1. The highest BCUT2D eigenvalue weighted by Gasteiger charge is 2.17. The maximum atomic E-state index is 11.7. The molecule has 2 amide bonds. The highest BCUT2D eigenvalue weighted by Crippen LogP contribution is 2.05. The van der Waals surface area contributed by atoms with E-state index in [1.165, 1.54) is 6.92 Å². The molecule has 1 rings (SSSR count). The number of hydrogen-bond acceptors (Lipinski definition) is 3. The number of rotatable bonds is 4. The second kappa shape index (κ2) is 6.17. The van der Waals surface area contributed by atoms with E-state index >= 15 is 0 Å². The van der Waals surface area contributed by atoms with Gasteiger partial charge in [-0.1, -0.05) is 18.2 Å². The smallest absolute Gasteiger partial charge is 0.247 e. The van der Waals surface area contributed by atoms with Gasteiger partial charge in [0.25, 0.3) is 0 Å². The van der Waals surface area contributed by atoms with Crippen molar-refractivity contribution in [3.8, 4) is 0 Å². The molecule has 0 bridgehead atoms. The van der Waals surface area contributed by atoms with Crippen LogP contribution < -0.4 is 10.6 Å². The van der Waals surface area contributed by atoms with E-state index in [2.05, 4.69) is 23.3 Å². The van der Waals surface area contributed by atoms with Crippen LogP contribution in [0.3, 0.4) is 0 Å². The van der Waals surface area contributed by atoms with Gasteiger partial charge in [-0.2, -0.15) is 12.6 Å². The minimum Gasteiger partial charge on any atom is -0.344 e. The van der Waals surface area contributed by atoms with E-state index in [0.29, 0.717) is 5.69 Å². The molecule has 0 radical (unpaired) electrons. The van der Waals surface area contributed by atoms with Crippen molar-refractivity contribution in [1.29, 1.82) is 0 Å². The Kier molecular flexibility index (Phi) is 4.85. The summed E-state index contributed by atoms with van der Waals surface area (Å²) < 4.78 is 0. The third-order valence-corrected chi connectivity index (χ3v) is 2.28. The number of amides is 2. The van der Waals surface area contributed by atoms with E-state index in [-0.39, 0.29) is 17.6 Å². The fraction of sp³-hybridized carbons (Fsp3) is 0.273. The fourth-order valence-electron chi connectivity index (χ4n) is 1.19. The molecule has 0 saturated heterocycles. The molecule has 0 aliphatic carbocycles. The van der Waals surface area contributed by atoms with Gasteiger partial charge in [0, 0.05) is 18.4 Å². The Hall–Kier alpha value is -1.49. The zero-order chi connectivity index (χ0) is 12.0. The van der Waals surface area contributed by atoms with Crippen molar-refractivity contribution in [2.24, 2.45) is 0 Å². The minimum atomic E-state index is -0.610. The predicted molar refractivity (Wildman–Crippen MR) is 66.5 cm³/mol. The van der Waals surface area contributed by atoms with Crippen LogP contribution in [0.5, 0.6) is 0 Å². The zero-order valence-corrected chi connectivity index (χ0v) is 9.83. The topological polar surface area (TPSA) is 58.2 Å². The van der Waals surface area contributed by atoms with Crippen molar-refractivity contribution >= 4 is 30.1 Å². The second-order valence-electron chi connectivity index (χ2n) is 3.29. The number of nitrogens with one attached hydrogen (secondary N) is 2. The summed E-state index contributed by atoms with van der Waals surface area (Å²) in [5, 5.41) is 5.22. The third kappa shape index (κ3) is 3.94. The predicted octanol–water partition coefficient (Wildman–Crippen LogP) is 1.06. The molecule has 0 saturated carbocycles. The van der Waals surface area contributed by atoms with E-state index in [9.17, 15) is 9.59 Å². The van der Waals surface area contributed by atoms with Gasteiger partial charge in [-0.05, 0) is 12.1 Å². The standard InChI is InChI=1S/C11H14N2O2S/c1-8(14)12-10(7-16)11(15)13-9-5-3-2-4-6-9/h2-6,10,16H,7H2,1H3,(H,12,14)(H,13,15). The molecule has 0 aliphatic heterocycles. The van der Waals surface area contributed by atoms with Crippen molar-refractivity contribution in [1.82, 2.24) is 5.32 Å². The summed E-state index contributed by atoms with van der Waals surface area (Å²) >= 11 is 4.02. The molecule has 1 unspecified atom stereocenters. The lowest BCUT2D eigenvalue weighted by atomic mass is 10.2. The Bertz CT molecular complexity index is 368. The number of carbonyl (C=O) groups excluding carboxylic acids is 2. The third-order valence-electron chi connectivity index (χ3n) is 1.92. The molecule has 1 atom stereocenters. The number of hydrogen-bond donors (Lipinski definition) is 3. The lowest BCUT2D eigenvalue weighted by Crippen LogP contribution is -2.44. The quantitative estimate of drug-likeness (QED) is 0.687. The number of anilines is 1. The molecular weight excluding hydrogens is 224 g/mol. The molecule has 0 fully saturated rings. The molecule has 4 nitrogen and oxygen atoms in total. The number of para-hydroxylation sites is 1. The van der Waals surface area contributed by atoms with E-state index in [4.69, 9.17) is 0 Å². The monoisotopic (exact) mass is 238 g/mol. The first-order valence-electron chi connectivity index (χ1n) is 4.87. The van der Waals surface area contributed by atoms with E-state index < -0.39 is 6.04 Å². The first-order valence-corrected chi connectivity index (χ1v) is 5.50. The Morgan fingerprint density at radius 2 is 1.94 bits per heavy atom. The van der Waals surface area contributed by atoms with Crippen LogP contribution in [0, 0.1) is 0 Å². The largest absolute Gasteiger partial charge is 0.344 e. The number of benzene rings is 1. The lowest BCUT2D eigenvalue weighted by molar-refractivity contribution is -0.124. The van der Waals surface area contributed by atoms with Crippen molar-refractivity contribution < 1.29 is 9.59 Å². The molecule has 1 aromatic rings. The molecule has 0 aromatic heterocycles. The van der Waals surface area contributed by atoms with Crippen LogP contribution in [0.2, 0.25) is 0 Å². The van der Waals surface area contributed by atoms with Gasteiger partial charge >= 0.3 is 0 Å². The van der Waals surface area contributed by atoms with Gasteiger partial charge < -0.3 is 10.6 Å². The molecule has 0 aliphatic rings. The van der Waals surface area contributed by atoms with Crippen molar-refractivity contribution in [2.75, 3.05) is 11.1 Å². The molecule has 16 heavy (non-hydrogen) atoms. The minimum absolute atomic E-state index is 0.248. The summed E-state index contributed by atoms with van der Waals surface area (Å²) in [5.41, 5.74) is 0.699. The Balaban J connectivity index is 2.59. The van der Waals surface area contributed by atoms with Crippen LogP contribution in [0.15, 0.2) is 30.3 Å². The second-order valence-corrected chi connectivity index (χ2v) is 3.66. The van der Waals surface area contributed by atoms with Crippen LogP contribution in [0.1, 0.15) is 6.92 Å². The van der Waals surface area contributed by atoms with E-state index in [1.807, 2.05) is 18.2 Å². The Morgan fingerprint density at radius 1 is 1.31 bits per heavy atom. The van der Waals surface area contributed by atoms with Crippen LogP contribution in [-0.4, -0.2) is 23.6 Å². The Morgan fingerprint density at radius 3 is 2.44 bits per heavy atom. The molecular formula is C11H14N2O2S. The van der Waals surface area contributed by atoms with Gasteiger partial charge in [0.05, 0.1) is 0 Å². The van der Waals surface area contributed by atoms with Crippen molar-refractivity contribution in [2.45, 2.75) is 13.0 Å². The molecule has 1 aromatic carbocycles. The highest BCUT2D eigenvalue weighted by molar-refractivity contribution is 7.80. The van der Waals surface area contributed by atoms with Gasteiger partial charge in [0.15, 0.2) is 0 Å². The summed E-state index contributed by atoms with van der Waals surface area (Å²) in [7, 11) is 0. The van der Waals surface area contributed by atoms with Crippen LogP contribution in [-0.2, 0) is 9.59 Å². The van der Waals surface area contributed by atoms with Gasteiger partial charge in [-0.25, -0.2) is 0 Å². The first kappa shape index (κ1) is 12.6. The molecule has 0 heterocycles. The Labute approximate surface area is 99.8 Å². The van der Waals surface area contributed by atoms with Gasteiger partial charge in [-0.15, -0.1) is 0 Å². The molecule has 2 N–H and O–H groups in total. The maximum absolute atomic E-state index is 11.7. The molecule has 5 heteroatoms. The van der Waals surface area contributed by atoms with Crippen molar-refractivity contribution in [3.63, 3.8) is 0 Å². The van der Waals surface area contributed by atoms with E-state index in [0.717, 1.165) is 0 Å². The van der Waals surface area contributed by atoms with Crippen LogP contribution in [0.4, 0.5) is 5.69 Å².